The first-order valence-corrected chi connectivity index (χ1v) is 11.2. The molecule has 0 bridgehead atoms. The van der Waals surface area contributed by atoms with Gasteiger partial charge in [-0.1, -0.05) is 37.3 Å². The van der Waals surface area contributed by atoms with Crippen LogP contribution in [-0.2, 0) is 9.47 Å². The van der Waals surface area contributed by atoms with E-state index >= 15 is 0 Å². The van der Waals surface area contributed by atoms with Gasteiger partial charge < -0.3 is 14.2 Å². The average molecular weight is 470 g/mol. The van der Waals surface area contributed by atoms with Crippen LogP contribution in [0.4, 0.5) is 13.2 Å². The van der Waals surface area contributed by atoms with Gasteiger partial charge in [0.25, 0.3) is 0 Å². The quantitative estimate of drug-likeness (QED) is 0.373. The Balaban J connectivity index is 1.49. The number of carbonyl (C=O) groups excluding carboxylic acids is 1. The largest absolute Gasteiger partial charge is 0.491 e. The number of rotatable bonds is 6. The highest BCUT2D eigenvalue weighted by molar-refractivity contribution is 5.90. The first-order valence-electron chi connectivity index (χ1n) is 11.2. The Hall–Kier alpha value is -3.32. The Morgan fingerprint density at radius 1 is 0.941 bits per heavy atom. The van der Waals surface area contributed by atoms with Crippen molar-refractivity contribution in [2.24, 2.45) is 5.92 Å². The van der Waals surface area contributed by atoms with Crippen molar-refractivity contribution < 1.29 is 32.2 Å². The maximum atomic E-state index is 14.7. The summed E-state index contributed by atoms with van der Waals surface area (Å²) in [7, 11) is 0. The third kappa shape index (κ3) is 5.09. The molecule has 1 heterocycles. The predicted molar refractivity (Wildman–Crippen MR) is 122 cm³/mol. The lowest BCUT2D eigenvalue weighted by atomic mass is 9.99. The molecule has 2 unspecified atom stereocenters. The summed E-state index contributed by atoms with van der Waals surface area (Å²) < 4.78 is 59.2. The second kappa shape index (κ2) is 10.3. The van der Waals surface area contributed by atoms with E-state index in [0.717, 1.165) is 6.42 Å². The molecule has 0 spiro atoms. The SMILES string of the molecule is CCOc1ccc(-c2ccc(-c3ccc(C(=O)OC4CCC(C)CO4)c(F)c3)cc2)c(F)c1F. The molecule has 0 amide bonds. The molecule has 0 saturated carbocycles. The summed E-state index contributed by atoms with van der Waals surface area (Å²) in [4.78, 5) is 12.4. The monoisotopic (exact) mass is 470 g/mol. The van der Waals surface area contributed by atoms with E-state index in [-0.39, 0.29) is 23.5 Å². The molecule has 2 atom stereocenters. The Morgan fingerprint density at radius 2 is 1.65 bits per heavy atom. The van der Waals surface area contributed by atoms with Gasteiger partial charge in [-0.2, -0.15) is 4.39 Å². The van der Waals surface area contributed by atoms with Crippen LogP contribution >= 0.6 is 0 Å². The van der Waals surface area contributed by atoms with Crippen molar-refractivity contribution in [3.05, 3.63) is 77.6 Å². The lowest BCUT2D eigenvalue weighted by Crippen LogP contribution is -2.29. The second-order valence-electron chi connectivity index (χ2n) is 8.29. The summed E-state index contributed by atoms with van der Waals surface area (Å²) in [6.07, 6.45) is 0.795. The van der Waals surface area contributed by atoms with E-state index < -0.39 is 29.7 Å². The molecule has 1 aliphatic heterocycles. The zero-order valence-electron chi connectivity index (χ0n) is 18.9. The zero-order chi connectivity index (χ0) is 24.2. The van der Waals surface area contributed by atoms with Gasteiger partial charge in [0.15, 0.2) is 11.6 Å². The van der Waals surface area contributed by atoms with Gasteiger partial charge in [-0.05, 0) is 60.2 Å². The number of esters is 1. The highest BCUT2D eigenvalue weighted by Gasteiger charge is 2.24. The van der Waals surface area contributed by atoms with Gasteiger partial charge in [0.2, 0.25) is 12.1 Å². The number of ether oxygens (including phenoxy) is 3. The summed E-state index contributed by atoms with van der Waals surface area (Å²) >= 11 is 0. The minimum absolute atomic E-state index is 0.0936. The van der Waals surface area contributed by atoms with Crippen LogP contribution in [0.1, 0.15) is 37.0 Å². The lowest BCUT2D eigenvalue weighted by Gasteiger charge is -2.26. The van der Waals surface area contributed by atoms with Gasteiger partial charge in [0, 0.05) is 12.0 Å². The van der Waals surface area contributed by atoms with E-state index in [9.17, 15) is 18.0 Å². The fraction of sp³-hybridized carbons (Fsp3) is 0.296. The number of benzene rings is 3. The van der Waals surface area contributed by atoms with Gasteiger partial charge in [-0.25, -0.2) is 13.6 Å². The summed E-state index contributed by atoms with van der Waals surface area (Å²) in [5, 5.41) is 0. The molecule has 4 nitrogen and oxygen atoms in total. The fourth-order valence-electron chi connectivity index (χ4n) is 3.86. The molecule has 178 valence electrons. The molecule has 1 fully saturated rings. The standard InChI is InChI=1S/C27H25F3O4/c1-3-32-23-12-11-20(25(29)26(23)30)18-7-5-17(6-8-18)19-9-10-21(22(28)14-19)27(31)34-24-13-4-16(2)15-33-24/h5-12,14,16,24H,3-4,13,15H2,1-2H3. The average Bonchev–Trinajstić information content (AvgIpc) is 2.84. The second-order valence-corrected chi connectivity index (χ2v) is 8.29. The molecule has 7 heteroatoms. The normalized spacial score (nSPS) is 17.9. The first kappa shape index (κ1) is 23.8. The van der Waals surface area contributed by atoms with E-state index in [2.05, 4.69) is 6.92 Å². The molecule has 3 aromatic rings. The van der Waals surface area contributed by atoms with Crippen molar-refractivity contribution in [1.29, 1.82) is 0 Å². The summed E-state index contributed by atoms with van der Waals surface area (Å²) in [5.74, 6) is -3.26. The fourth-order valence-corrected chi connectivity index (χ4v) is 3.86. The summed E-state index contributed by atoms with van der Waals surface area (Å²) in [6.45, 7) is 4.47. The van der Waals surface area contributed by atoms with Crippen LogP contribution in [0.2, 0.25) is 0 Å². The minimum Gasteiger partial charge on any atom is -0.491 e. The topological polar surface area (TPSA) is 44.8 Å². The molecule has 0 N–H and O–H groups in total. The van der Waals surface area contributed by atoms with Crippen LogP contribution in [-0.4, -0.2) is 25.5 Å². The Morgan fingerprint density at radius 3 is 2.29 bits per heavy atom. The van der Waals surface area contributed by atoms with Crippen LogP contribution in [0.15, 0.2) is 54.6 Å². The van der Waals surface area contributed by atoms with Crippen molar-refractivity contribution in [2.75, 3.05) is 13.2 Å². The van der Waals surface area contributed by atoms with Gasteiger partial charge >= 0.3 is 5.97 Å². The molecular formula is C27H25F3O4. The van der Waals surface area contributed by atoms with E-state index in [1.807, 2.05) is 0 Å². The molecule has 1 saturated heterocycles. The van der Waals surface area contributed by atoms with E-state index in [4.69, 9.17) is 14.2 Å². The van der Waals surface area contributed by atoms with E-state index in [1.165, 1.54) is 24.3 Å². The highest BCUT2D eigenvalue weighted by atomic mass is 19.2. The van der Waals surface area contributed by atoms with Crippen molar-refractivity contribution in [1.82, 2.24) is 0 Å². The Labute approximate surface area is 196 Å². The number of halogens is 3. The van der Waals surface area contributed by atoms with Crippen molar-refractivity contribution in [2.45, 2.75) is 33.0 Å². The first-order chi connectivity index (χ1) is 16.4. The number of hydrogen-bond donors (Lipinski definition) is 0. The van der Waals surface area contributed by atoms with E-state index in [1.54, 1.807) is 37.3 Å². The van der Waals surface area contributed by atoms with Gasteiger partial charge in [-0.3, -0.25) is 0 Å². The summed E-state index contributed by atoms with van der Waals surface area (Å²) in [6, 6.07) is 13.6. The molecule has 0 aliphatic carbocycles. The molecular weight excluding hydrogens is 445 g/mol. The maximum Gasteiger partial charge on any atom is 0.343 e. The van der Waals surface area contributed by atoms with Crippen molar-refractivity contribution >= 4 is 5.97 Å². The van der Waals surface area contributed by atoms with Crippen LogP contribution < -0.4 is 4.74 Å². The van der Waals surface area contributed by atoms with Crippen molar-refractivity contribution in [3.8, 4) is 28.0 Å². The number of hydrogen-bond acceptors (Lipinski definition) is 4. The minimum atomic E-state index is -1.04. The zero-order valence-corrected chi connectivity index (χ0v) is 18.9. The lowest BCUT2D eigenvalue weighted by molar-refractivity contribution is -0.143. The van der Waals surface area contributed by atoms with Crippen LogP contribution in [0.25, 0.3) is 22.3 Å². The smallest absolute Gasteiger partial charge is 0.343 e. The van der Waals surface area contributed by atoms with Gasteiger partial charge in [-0.15, -0.1) is 0 Å². The van der Waals surface area contributed by atoms with Gasteiger partial charge in [0.1, 0.15) is 5.82 Å². The molecule has 34 heavy (non-hydrogen) atoms. The number of carbonyl (C=O) groups is 1. The summed E-state index contributed by atoms with van der Waals surface area (Å²) in [5.41, 5.74) is 1.57. The van der Waals surface area contributed by atoms with Crippen LogP contribution in [0.5, 0.6) is 5.75 Å². The highest BCUT2D eigenvalue weighted by Crippen LogP contribution is 2.32. The Bertz CT molecular complexity index is 1170. The third-order valence-corrected chi connectivity index (χ3v) is 5.77. The van der Waals surface area contributed by atoms with Crippen LogP contribution in [0, 0.1) is 23.4 Å². The molecule has 0 radical (unpaired) electrons. The Kier molecular flexibility index (Phi) is 7.22. The van der Waals surface area contributed by atoms with Crippen LogP contribution in [0.3, 0.4) is 0 Å². The third-order valence-electron chi connectivity index (χ3n) is 5.77. The van der Waals surface area contributed by atoms with Crippen molar-refractivity contribution in [3.63, 3.8) is 0 Å². The van der Waals surface area contributed by atoms with E-state index in [0.29, 0.717) is 35.6 Å². The van der Waals surface area contributed by atoms with Gasteiger partial charge in [0.05, 0.1) is 18.8 Å². The molecule has 3 aromatic carbocycles. The molecule has 0 aromatic heterocycles. The molecule has 4 rings (SSSR count). The molecule has 1 aliphatic rings. The maximum absolute atomic E-state index is 14.7. The predicted octanol–water partition coefficient (Wildman–Crippen LogP) is 6.77.